The highest BCUT2D eigenvalue weighted by Crippen LogP contribution is 2.31. The summed E-state index contributed by atoms with van der Waals surface area (Å²) in [5.41, 5.74) is 3.05. The van der Waals surface area contributed by atoms with Crippen molar-refractivity contribution >= 4 is 37.9 Å². The molecule has 2 aromatic carbocycles. The fourth-order valence-corrected chi connectivity index (χ4v) is 3.07. The molecule has 0 N–H and O–H groups in total. The molecule has 0 fully saturated rings. The molecule has 0 aliphatic heterocycles. The lowest BCUT2D eigenvalue weighted by Crippen LogP contribution is -2.00. The Balaban J connectivity index is 2.12. The van der Waals surface area contributed by atoms with Crippen LogP contribution in [0.1, 0.15) is 5.56 Å². The Labute approximate surface area is 134 Å². The van der Waals surface area contributed by atoms with Gasteiger partial charge < -0.3 is 8.83 Å². The normalized spacial score (nSPS) is 11.4. The summed E-state index contributed by atoms with van der Waals surface area (Å²) in [7, 11) is 0. The zero-order chi connectivity index (χ0) is 15.3. The predicted molar refractivity (Wildman–Crippen MR) is 90.1 cm³/mol. The Morgan fingerprint density at radius 1 is 1.09 bits per heavy atom. The molecule has 2 heterocycles. The summed E-state index contributed by atoms with van der Waals surface area (Å²) in [5.74, 6) is 0.548. The first-order valence-corrected chi connectivity index (χ1v) is 7.63. The number of hydrogen-bond acceptors (Lipinski definition) is 3. The van der Waals surface area contributed by atoms with Crippen LogP contribution in [-0.4, -0.2) is 0 Å². The molecule has 0 unspecified atom stereocenters. The quantitative estimate of drug-likeness (QED) is 0.467. The third-order valence-corrected chi connectivity index (χ3v) is 4.22. The zero-order valence-corrected chi connectivity index (χ0v) is 13.3. The maximum absolute atomic E-state index is 12.4. The van der Waals surface area contributed by atoms with Gasteiger partial charge in [0.15, 0.2) is 5.43 Å². The fourth-order valence-electron chi connectivity index (χ4n) is 2.67. The molecular formula is C18H11BrO3. The average molecular weight is 355 g/mol. The van der Waals surface area contributed by atoms with E-state index in [1.807, 2.05) is 31.2 Å². The lowest BCUT2D eigenvalue weighted by molar-refractivity contribution is 0.610. The van der Waals surface area contributed by atoms with Gasteiger partial charge in [-0.3, -0.25) is 4.79 Å². The highest BCUT2D eigenvalue weighted by atomic mass is 79.9. The molecule has 0 atom stereocenters. The van der Waals surface area contributed by atoms with Crippen molar-refractivity contribution in [1.82, 2.24) is 0 Å². The van der Waals surface area contributed by atoms with Gasteiger partial charge in [-0.15, -0.1) is 0 Å². The minimum absolute atomic E-state index is 0.0567. The Hall–Kier alpha value is -2.33. The minimum atomic E-state index is -0.0567. The third kappa shape index (κ3) is 1.99. The van der Waals surface area contributed by atoms with Crippen LogP contribution in [-0.2, 0) is 0 Å². The molecule has 3 nitrogen and oxygen atoms in total. The SMILES string of the molecule is Cc1coc2ccc3c(=O)cc(-c4cccc(Br)c4)oc3c12. The van der Waals surface area contributed by atoms with Crippen LogP contribution < -0.4 is 5.43 Å². The molecule has 22 heavy (non-hydrogen) atoms. The molecule has 0 bridgehead atoms. The second-order valence-electron chi connectivity index (χ2n) is 5.22. The van der Waals surface area contributed by atoms with Crippen molar-refractivity contribution in [2.45, 2.75) is 6.92 Å². The van der Waals surface area contributed by atoms with Crippen LogP contribution in [0.3, 0.4) is 0 Å². The zero-order valence-electron chi connectivity index (χ0n) is 11.7. The fraction of sp³-hybridized carbons (Fsp3) is 0.0556. The Bertz CT molecular complexity index is 1070. The number of rotatable bonds is 1. The van der Waals surface area contributed by atoms with Gasteiger partial charge in [0.1, 0.15) is 16.9 Å². The summed E-state index contributed by atoms with van der Waals surface area (Å²) in [6.07, 6.45) is 1.68. The number of fused-ring (bicyclic) bond motifs is 3. The number of benzene rings is 2. The summed E-state index contributed by atoms with van der Waals surface area (Å²) in [6.45, 7) is 1.94. The first-order chi connectivity index (χ1) is 10.6. The van der Waals surface area contributed by atoms with Gasteiger partial charge in [0, 0.05) is 16.1 Å². The minimum Gasteiger partial charge on any atom is -0.464 e. The van der Waals surface area contributed by atoms with E-state index in [1.165, 1.54) is 6.07 Å². The van der Waals surface area contributed by atoms with Crippen molar-refractivity contribution in [1.29, 1.82) is 0 Å². The van der Waals surface area contributed by atoms with Crippen molar-refractivity contribution in [2.24, 2.45) is 0 Å². The van der Waals surface area contributed by atoms with E-state index < -0.39 is 0 Å². The van der Waals surface area contributed by atoms with Gasteiger partial charge >= 0.3 is 0 Å². The van der Waals surface area contributed by atoms with Crippen molar-refractivity contribution in [3.05, 3.63) is 69.0 Å². The molecular weight excluding hydrogens is 344 g/mol. The second-order valence-corrected chi connectivity index (χ2v) is 6.14. The smallest absolute Gasteiger partial charge is 0.193 e. The van der Waals surface area contributed by atoms with Crippen LogP contribution >= 0.6 is 15.9 Å². The second kappa shape index (κ2) is 4.85. The van der Waals surface area contributed by atoms with Crippen molar-refractivity contribution in [3.8, 4) is 11.3 Å². The maximum Gasteiger partial charge on any atom is 0.193 e. The molecule has 108 valence electrons. The number of furan rings is 1. The molecule has 0 spiro atoms. The lowest BCUT2D eigenvalue weighted by Gasteiger charge is -2.05. The van der Waals surface area contributed by atoms with Crippen LogP contribution in [0.25, 0.3) is 33.3 Å². The van der Waals surface area contributed by atoms with Gasteiger partial charge in [-0.25, -0.2) is 0 Å². The van der Waals surface area contributed by atoms with E-state index in [2.05, 4.69) is 15.9 Å². The summed E-state index contributed by atoms with van der Waals surface area (Å²) < 4.78 is 12.5. The van der Waals surface area contributed by atoms with Crippen molar-refractivity contribution in [3.63, 3.8) is 0 Å². The first-order valence-electron chi connectivity index (χ1n) is 6.84. The molecule has 2 aromatic heterocycles. The molecule has 0 saturated carbocycles. The van der Waals surface area contributed by atoms with E-state index in [1.54, 1.807) is 18.4 Å². The van der Waals surface area contributed by atoms with E-state index in [4.69, 9.17) is 8.83 Å². The Morgan fingerprint density at radius 3 is 2.77 bits per heavy atom. The number of hydrogen-bond donors (Lipinski definition) is 0. The van der Waals surface area contributed by atoms with Crippen LogP contribution in [0, 0.1) is 6.92 Å². The van der Waals surface area contributed by atoms with Gasteiger partial charge in [0.2, 0.25) is 0 Å². The van der Waals surface area contributed by atoms with Crippen LogP contribution in [0.2, 0.25) is 0 Å². The standard InChI is InChI=1S/C18H11BrO3/c1-10-9-21-15-6-5-13-14(20)8-16(22-18(13)17(10)15)11-3-2-4-12(19)7-11/h2-9H,1H3. The van der Waals surface area contributed by atoms with E-state index in [0.717, 1.165) is 26.6 Å². The summed E-state index contributed by atoms with van der Waals surface area (Å²) in [4.78, 5) is 12.4. The molecule has 4 rings (SSSR count). The number of aryl methyl sites for hydroxylation is 1. The lowest BCUT2D eigenvalue weighted by atomic mass is 10.1. The Morgan fingerprint density at radius 2 is 1.95 bits per heavy atom. The predicted octanol–water partition coefficient (Wildman–Crippen LogP) is 5.28. The first kappa shape index (κ1) is 13.3. The Kier molecular flexibility index (Phi) is 2.94. The summed E-state index contributed by atoms with van der Waals surface area (Å²) in [5, 5.41) is 1.42. The van der Waals surface area contributed by atoms with Gasteiger partial charge in [-0.05, 0) is 36.8 Å². The third-order valence-electron chi connectivity index (χ3n) is 3.73. The van der Waals surface area contributed by atoms with Gasteiger partial charge in [-0.1, -0.05) is 28.1 Å². The molecule has 0 aliphatic rings. The summed E-state index contributed by atoms with van der Waals surface area (Å²) in [6, 6.07) is 12.8. The monoisotopic (exact) mass is 354 g/mol. The van der Waals surface area contributed by atoms with Crippen molar-refractivity contribution in [2.75, 3.05) is 0 Å². The van der Waals surface area contributed by atoms with Crippen LogP contribution in [0.15, 0.2) is 66.8 Å². The molecule has 0 aliphatic carbocycles. The number of halogens is 1. The van der Waals surface area contributed by atoms with Crippen LogP contribution in [0.4, 0.5) is 0 Å². The molecule has 4 heteroatoms. The topological polar surface area (TPSA) is 43.4 Å². The highest BCUT2D eigenvalue weighted by molar-refractivity contribution is 9.10. The van der Waals surface area contributed by atoms with Crippen LogP contribution in [0.5, 0.6) is 0 Å². The largest absolute Gasteiger partial charge is 0.464 e. The molecule has 0 amide bonds. The van der Waals surface area contributed by atoms with Crippen molar-refractivity contribution < 1.29 is 8.83 Å². The highest BCUT2D eigenvalue weighted by Gasteiger charge is 2.13. The van der Waals surface area contributed by atoms with Gasteiger partial charge in [-0.2, -0.15) is 0 Å². The molecule has 4 aromatic rings. The van der Waals surface area contributed by atoms with E-state index in [0.29, 0.717) is 16.7 Å². The maximum atomic E-state index is 12.4. The van der Waals surface area contributed by atoms with E-state index in [9.17, 15) is 4.79 Å². The van der Waals surface area contributed by atoms with Gasteiger partial charge in [0.25, 0.3) is 0 Å². The molecule has 0 radical (unpaired) electrons. The average Bonchev–Trinajstić information content (AvgIpc) is 2.89. The van der Waals surface area contributed by atoms with E-state index >= 15 is 0 Å². The van der Waals surface area contributed by atoms with Gasteiger partial charge in [0.05, 0.1) is 17.0 Å². The van der Waals surface area contributed by atoms with E-state index in [-0.39, 0.29) is 5.43 Å². The molecule has 0 saturated heterocycles. The summed E-state index contributed by atoms with van der Waals surface area (Å²) >= 11 is 3.44.